The fourth-order valence-corrected chi connectivity index (χ4v) is 8.42. The quantitative estimate of drug-likeness (QED) is 0.750. The number of aliphatic hydroxyl groups is 1. The van der Waals surface area contributed by atoms with Gasteiger partial charge in [-0.3, -0.25) is 9.59 Å². The highest BCUT2D eigenvalue weighted by Gasteiger charge is 2.88. The summed E-state index contributed by atoms with van der Waals surface area (Å²) in [4.78, 5) is 25.3. The van der Waals surface area contributed by atoms with E-state index >= 15 is 0 Å². The highest BCUT2D eigenvalue weighted by molar-refractivity contribution is 6.00. The molecule has 4 heteroatoms. The second-order valence-corrected chi connectivity index (χ2v) is 9.46. The third-order valence-corrected chi connectivity index (χ3v) is 9.33. The molecule has 0 aromatic carbocycles. The third-order valence-electron chi connectivity index (χ3n) is 9.33. The summed E-state index contributed by atoms with van der Waals surface area (Å²) in [5.41, 5.74) is -0.547. The monoisotopic (exact) mass is 332 g/mol. The zero-order chi connectivity index (χ0) is 16.9. The van der Waals surface area contributed by atoms with E-state index in [0.29, 0.717) is 30.0 Å². The number of esters is 1. The molecule has 5 aliphatic carbocycles. The van der Waals surface area contributed by atoms with Gasteiger partial charge in [-0.25, -0.2) is 0 Å². The maximum Gasteiger partial charge on any atom is 0.313 e. The lowest BCUT2D eigenvalue weighted by molar-refractivity contribution is -0.156. The van der Waals surface area contributed by atoms with Gasteiger partial charge in [0.05, 0.1) is 18.6 Å². The number of carbonyl (C=O) groups is 2. The van der Waals surface area contributed by atoms with E-state index in [1.807, 2.05) is 0 Å². The molecule has 0 radical (unpaired) electrons. The summed E-state index contributed by atoms with van der Waals surface area (Å²) < 4.78 is 5.19. The largest absolute Gasteiger partial charge is 0.469 e. The Bertz CT molecular complexity index is 629. The number of aliphatic hydroxyl groups excluding tert-OH is 1. The molecule has 8 atom stereocenters. The molecular formula is C20H28O4. The first-order valence-electron chi connectivity index (χ1n) is 9.72. The number of methoxy groups -OCH3 is 1. The maximum atomic E-state index is 12.7. The van der Waals surface area contributed by atoms with Crippen molar-refractivity contribution < 1.29 is 19.4 Å². The van der Waals surface area contributed by atoms with Gasteiger partial charge >= 0.3 is 5.97 Å². The van der Waals surface area contributed by atoms with Gasteiger partial charge in [0.1, 0.15) is 5.78 Å². The van der Waals surface area contributed by atoms with Gasteiger partial charge in [0.15, 0.2) is 0 Å². The Morgan fingerprint density at radius 1 is 1.12 bits per heavy atom. The van der Waals surface area contributed by atoms with Crippen LogP contribution in [0.5, 0.6) is 0 Å². The number of fused-ring (bicyclic) bond motifs is 4. The van der Waals surface area contributed by atoms with Gasteiger partial charge in [0.25, 0.3) is 0 Å². The number of hydrogen-bond acceptors (Lipinski definition) is 4. The van der Waals surface area contributed by atoms with E-state index in [-0.39, 0.29) is 28.8 Å². The van der Waals surface area contributed by atoms with Crippen molar-refractivity contribution in [2.75, 3.05) is 7.11 Å². The average molecular weight is 332 g/mol. The lowest BCUT2D eigenvalue weighted by Crippen LogP contribution is -2.49. The average Bonchev–Trinajstić information content (AvgIpc) is 2.90. The Kier molecular flexibility index (Phi) is 2.84. The van der Waals surface area contributed by atoms with Gasteiger partial charge in [-0.2, -0.15) is 0 Å². The Morgan fingerprint density at radius 2 is 1.92 bits per heavy atom. The van der Waals surface area contributed by atoms with E-state index in [1.165, 1.54) is 7.11 Å². The number of Topliss-reactive ketones (excluding diaryl/α,β-unsaturated/α-hetero) is 1. The fourth-order valence-electron chi connectivity index (χ4n) is 8.42. The first-order chi connectivity index (χ1) is 11.4. The van der Waals surface area contributed by atoms with Crippen LogP contribution in [0.25, 0.3) is 0 Å². The van der Waals surface area contributed by atoms with E-state index in [4.69, 9.17) is 4.74 Å². The highest BCUT2D eigenvalue weighted by atomic mass is 16.5. The molecule has 5 saturated carbocycles. The second-order valence-electron chi connectivity index (χ2n) is 9.46. The summed E-state index contributed by atoms with van der Waals surface area (Å²) in [5.74, 6) is 1.73. The van der Waals surface area contributed by atoms with Gasteiger partial charge in [0, 0.05) is 17.8 Å². The van der Waals surface area contributed by atoms with E-state index < -0.39 is 5.41 Å². The fraction of sp³-hybridized carbons (Fsp3) is 0.900. The molecule has 0 aromatic heterocycles. The molecule has 5 fully saturated rings. The van der Waals surface area contributed by atoms with Crippen molar-refractivity contribution in [1.82, 2.24) is 0 Å². The maximum absolute atomic E-state index is 12.7. The molecule has 0 amide bonds. The first kappa shape index (κ1) is 15.4. The van der Waals surface area contributed by atoms with Crippen LogP contribution >= 0.6 is 0 Å². The molecule has 8 unspecified atom stereocenters. The molecule has 0 aliphatic heterocycles. The van der Waals surface area contributed by atoms with Gasteiger partial charge < -0.3 is 9.84 Å². The molecule has 132 valence electrons. The zero-order valence-electron chi connectivity index (χ0n) is 14.7. The molecule has 0 aromatic rings. The van der Waals surface area contributed by atoms with Crippen LogP contribution in [0.4, 0.5) is 0 Å². The number of hydrogen-bond donors (Lipinski definition) is 1. The van der Waals surface area contributed by atoms with E-state index in [9.17, 15) is 14.7 Å². The summed E-state index contributed by atoms with van der Waals surface area (Å²) in [7, 11) is 1.47. The summed E-state index contributed by atoms with van der Waals surface area (Å²) >= 11 is 0. The third kappa shape index (κ3) is 1.36. The molecule has 4 nitrogen and oxygen atoms in total. The molecule has 5 rings (SSSR count). The standard InChI is InChI=1S/C20H28O4/c1-18-8-6-13-11(12(18)3-4-15(18)22)5-9-20(17(23)24-2)16-14(21)7-10-19(13,16)20/h11-13,15-16,22H,3-10H2,1-2H3. The molecular weight excluding hydrogens is 304 g/mol. The van der Waals surface area contributed by atoms with Crippen molar-refractivity contribution in [3.63, 3.8) is 0 Å². The van der Waals surface area contributed by atoms with Crippen molar-refractivity contribution >= 4 is 11.8 Å². The smallest absolute Gasteiger partial charge is 0.313 e. The molecule has 1 spiro atoms. The molecule has 24 heavy (non-hydrogen) atoms. The highest BCUT2D eigenvalue weighted by Crippen LogP contribution is 2.86. The van der Waals surface area contributed by atoms with Crippen LogP contribution < -0.4 is 0 Å². The van der Waals surface area contributed by atoms with Gasteiger partial charge in [-0.1, -0.05) is 6.92 Å². The normalized spacial score (nSPS) is 57.6. The van der Waals surface area contributed by atoms with Crippen LogP contribution in [-0.2, 0) is 14.3 Å². The summed E-state index contributed by atoms with van der Waals surface area (Å²) in [6.07, 6.45) is 7.35. The second kappa shape index (κ2) is 4.44. The summed E-state index contributed by atoms with van der Waals surface area (Å²) in [6, 6.07) is 0. The topological polar surface area (TPSA) is 63.6 Å². The number of carbonyl (C=O) groups excluding carboxylic acids is 2. The van der Waals surface area contributed by atoms with Crippen LogP contribution in [0.15, 0.2) is 0 Å². The predicted octanol–water partition coefficient (Wildman–Crippen LogP) is 2.72. The Labute approximate surface area is 143 Å². The lowest BCUT2D eigenvalue weighted by atomic mass is 9.51. The van der Waals surface area contributed by atoms with Crippen LogP contribution in [0.3, 0.4) is 0 Å². The Hall–Kier alpha value is -0.900. The Balaban J connectivity index is 1.55. The van der Waals surface area contributed by atoms with Crippen LogP contribution in [0, 0.1) is 39.9 Å². The minimum Gasteiger partial charge on any atom is -0.469 e. The minimum absolute atomic E-state index is 0.0517. The Morgan fingerprint density at radius 3 is 2.67 bits per heavy atom. The minimum atomic E-state index is -0.497. The van der Waals surface area contributed by atoms with Crippen molar-refractivity contribution in [2.24, 2.45) is 39.9 Å². The summed E-state index contributed by atoms with van der Waals surface area (Å²) in [6.45, 7) is 2.27. The van der Waals surface area contributed by atoms with E-state index in [0.717, 1.165) is 44.9 Å². The van der Waals surface area contributed by atoms with Crippen molar-refractivity contribution in [1.29, 1.82) is 0 Å². The molecule has 1 N–H and O–H groups in total. The molecule has 0 bridgehead atoms. The van der Waals surface area contributed by atoms with Crippen molar-refractivity contribution in [2.45, 2.75) is 64.4 Å². The van der Waals surface area contributed by atoms with Crippen molar-refractivity contribution in [3.05, 3.63) is 0 Å². The predicted molar refractivity (Wildman–Crippen MR) is 86.9 cm³/mol. The molecule has 0 heterocycles. The van der Waals surface area contributed by atoms with Crippen LogP contribution in [0.1, 0.15) is 58.3 Å². The number of ether oxygens (including phenoxy) is 1. The van der Waals surface area contributed by atoms with E-state index in [2.05, 4.69) is 6.92 Å². The SMILES string of the molecule is COC(=O)C12CCC3C4CCC(O)C4(C)CCC3C13CCC(=O)C23. The zero-order valence-corrected chi connectivity index (χ0v) is 14.7. The number of ketones is 1. The van der Waals surface area contributed by atoms with Gasteiger partial charge in [-0.15, -0.1) is 0 Å². The van der Waals surface area contributed by atoms with Gasteiger partial charge in [-0.05, 0) is 68.1 Å². The van der Waals surface area contributed by atoms with Crippen LogP contribution in [-0.4, -0.2) is 30.1 Å². The molecule has 0 saturated heterocycles. The molecule has 5 aliphatic rings. The number of rotatable bonds is 1. The lowest BCUT2D eigenvalue weighted by Gasteiger charge is -2.53. The summed E-state index contributed by atoms with van der Waals surface area (Å²) in [5, 5.41) is 10.5. The van der Waals surface area contributed by atoms with E-state index in [1.54, 1.807) is 0 Å². The van der Waals surface area contributed by atoms with Crippen molar-refractivity contribution in [3.8, 4) is 0 Å². The van der Waals surface area contributed by atoms with Gasteiger partial charge in [0.2, 0.25) is 0 Å². The van der Waals surface area contributed by atoms with Crippen LogP contribution in [0.2, 0.25) is 0 Å². The first-order valence-corrected chi connectivity index (χ1v) is 9.72.